The number of carbonyl (C=O) groups is 1. The summed E-state index contributed by atoms with van der Waals surface area (Å²) in [5, 5.41) is 4.08. The maximum atomic E-state index is 14.2. The highest BCUT2D eigenvalue weighted by Gasteiger charge is 2.31. The number of amides is 1. The van der Waals surface area contributed by atoms with Crippen LogP contribution in [0.3, 0.4) is 0 Å². The second-order valence-electron chi connectivity index (χ2n) is 9.72. The van der Waals surface area contributed by atoms with Gasteiger partial charge in [-0.3, -0.25) is 9.69 Å². The molecule has 1 unspecified atom stereocenters. The number of aryl methyl sites for hydroxylation is 1. The predicted molar refractivity (Wildman–Crippen MR) is 136 cm³/mol. The number of nitrogens with zero attached hydrogens (tertiary/aromatic N) is 4. The first-order chi connectivity index (χ1) is 17.9. The standard InChI is InChI=1S/C28H26F2N6O/c1-17-9-18(5-4-8-35-13-21(30)14-35)10-24(32-17)28(37)34-26(23-11-19-6-2-3-7-22(19)33-23)27-25-12-20(29)15-36(25)16-31-27/h2-3,6-7,9-11,16,20-21,26,33H,8,12-15H2,1H3,(H,34,37)/t20-,26?/m1/s1. The van der Waals surface area contributed by atoms with E-state index in [9.17, 15) is 13.6 Å². The van der Waals surface area contributed by atoms with Crippen molar-refractivity contribution < 1.29 is 13.6 Å². The molecule has 37 heavy (non-hydrogen) atoms. The van der Waals surface area contributed by atoms with Crippen LogP contribution in [0.15, 0.2) is 48.8 Å². The third kappa shape index (κ3) is 4.72. The van der Waals surface area contributed by atoms with Crippen molar-refractivity contribution in [3.05, 3.63) is 82.8 Å². The number of aromatic nitrogens is 4. The summed E-state index contributed by atoms with van der Waals surface area (Å²) in [5.74, 6) is 5.74. The van der Waals surface area contributed by atoms with E-state index < -0.39 is 18.4 Å². The summed E-state index contributed by atoms with van der Waals surface area (Å²) >= 11 is 0. The highest BCUT2D eigenvalue weighted by molar-refractivity contribution is 5.93. The molecule has 4 aromatic rings. The van der Waals surface area contributed by atoms with E-state index in [1.165, 1.54) is 0 Å². The van der Waals surface area contributed by atoms with Gasteiger partial charge in [0.2, 0.25) is 0 Å². The molecule has 0 radical (unpaired) electrons. The fourth-order valence-electron chi connectivity index (χ4n) is 5.03. The van der Waals surface area contributed by atoms with Crippen LogP contribution in [0, 0.1) is 18.8 Å². The number of aromatic amines is 1. The number of likely N-dealkylation sites (tertiary alicyclic amines) is 1. The summed E-state index contributed by atoms with van der Waals surface area (Å²) in [4.78, 5) is 27.8. The van der Waals surface area contributed by atoms with Gasteiger partial charge in [-0.2, -0.15) is 0 Å². The second kappa shape index (κ2) is 9.45. The van der Waals surface area contributed by atoms with Gasteiger partial charge >= 0.3 is 0 Å². The Morgan fingerprint density at radius 3 is 2.84 bits per heavy atom. The Hall–Kier alpha value is -4.03. The smallest absolute Gasteiger partial charge is 0.270 e. The molecule has 2 aliphatic rings. The SMILES string of the molecule is Cc1cc(C#CCN2CC(F)C2)cc(C(=O)NC(c2cc3ccccc3[nH]2)c2ncn3c2C[C@@H](F)C3)n1. The lowest BCUT2D eigenvalue weighted by Crippen LogP contribution is -2.48. The van der Waals surface area contributed by atoms with Crippen molar-refractivity contribution >= 4 is 16.8 Å². The summed E-state index contributed by atoms with van der Waals surface area (Å²) in [5.41, 5.74) is 4.65. The van der Waals surface area contributed by atoms with Crippen molar-refractivity contribution in [3.63, 3.8) is 0 Å². The van der Waals surface area contributed by atoms with Crippen LogP contribution in [0.25, 0.3) is 10.9 Å². The molecule has 2 atom stereocenters. The van der Waals surface area contributed by atoms with E-state index in [1.807, 2.05) is 52.8 Å². The van der Waals surface area contributed by atoms with Gasteiger partial charge in [-0.25, -0.2) is 18.7 Å². The Morgan fingerprint density at radius 1 is 1.19 bits per heavy atom. The third-order valence-corrected chi connectivity index (χ3v) is 6.83. The number of halogens is 2. The summed E-state index contributed by atoms with van der Waals surface area (Å²) in [6.45, 7) is 3.37. The van der Waals surface area contributed by atoms with Crippen LogP contribution in [0.2, 0.25) is 0 Å². The highest BCUT2D eigenvalue weighted by atomic mass is 19.1. The van der Waals surface area contributed by atoms with Crippen LogP contribution in [0.5, 0.6) is 0 Å². The molecule has 6 rings (SSSR count). The molecule has 188 valence electrons. The van der Waals surface area contributed by atoms with Gasteiger partial charge in [-0.1, -0.05) is 30.0 Å². The molecule has 3 aromatic heterocycles. The number of benzene rings is 1. The number of alkyl halides is 2. The molecule has 7 nitrogen and oxygen atoms in total. The van der Waals surface area contributed by atoms with Crippen LogP contribution in [-0.2, 0) is 13.0 Å². The third-order valence-electron chi connectivity index (χ3n) is 6.83. The molecule has 1 saturated heterocycles. The number of carbonyl (C=O) groups excluding carboxylic acids is 1. The average Bonchev–Trinajstić information content (AvgIpc) is 3.54. The van der Waals surface area contributed by atoms with Crippen molar-refractivity contribution in [2.75, 3.05) is 19.6 Å². The molecule has 0 saturated carbocycles. The lowest BCUT2D eigenvalue weighted by Gasteiger charge is -2.32. The van der Waals surface area contributed by atoms with Gasteiger partial charge < -0.3 is 14.9 Å². The molecule has 1 fully saturated rings. The first-order valence-corrected chi connectivity index (χ1v) is 12.3. The number of hydrogen-bond acceptors (Lipinski definition) is 4. The van der Waals surface area contributed by atoms with Crippen LogP contribution < -0.4 is 5.32 Å². The summed E-state index contributed by atoms with van der Waals surface area (Å²) in [7, 11) is 0. The van der Waals surface area contributed by atoms with Gasteiger partial charge in [0, 0.05) is 47.7 Å². The fourth-order valence-corrected chi connectivity index (χ4v) is 5.03. The summed E-state index contributed by atoms with van der Waals surface area (Å²) < 4.78 is 29.0. The van der Waals surface area contributed by atoms with Crippen LogP contribution >= 0.6 is 0 Å². The molecule has 1 aromatic carbocycles. The molecule has 2 N–H and O–H groups in total. The number of rotatable bonds is 5. The Bertz CT molecular complexity index is 1510. The van der Waals surface area contributed by atoms with E-state index in [-0.39, 0.29) is 24.6 Å². The monoisotopic (exact) mass is 500 g/mol. The van der Waals surface area contributed by atoms with Crippen molar-refractivity contribution in [1.82, 2.24) is 29.7 Å². The van der Waals surface area contributed by atoms with Crippen LogP contribution in [0.1, 0.15) is 44.9 Å². The lowest BCUT2D eigenvalue weighted by molar-refractivity contribution is 0.0791. The zero-order valence-electron chi connectivity index (χ0n) is 20.3. The van der Waals surface area contributed by atoms with E-state index in [0.29, 0.717) is 36.6 Å². The van der Waals surface area contributed by atoms with Gasteiger partial charge in [0.25, 0.3) is 5.91 Å². The van der Waals surface area contributed by atoms with Gasteiger partial charge in [0.15, 0.2) is 0 Å². The second-order valence-corrected chi connectivity index (χ2v) is 9.72. The molecular weight excluding hydrogens is 474 g/mol. The Labute approximate surface area is 212 Å². The molecule has 1 amide bonds. The minimum Gasteiger partial charge on any atom is -0.356 e. The number of hydrogen-bond donors (Lipinski definition) is 2. The molecule has 0 bridgehead atoms. The molecule has 9 heteroatoms. The van der Waals surface area contributed by atoms with Gasteiger partial charge in [0.05, 0.1) is 25.1 Å². The normalized spacial score (nSPS) is 18.2. The predicted octanol–water partition coefficient (Wildman–Crippen LogP) is 3.49. The zero-order valence-corrected chi connectivity index (χ0v) is 20.3. The van der Waals surface area contributed by atoms with E-state index in [2.05, 4.69) is 32.1 Å². The molecular formula is C28H26F2N6O. The first kappa shape index (κ1) is 23.4. The molecule has 5 heterocycles. The summed E-state index contributed by atoms with van der Waals surface area (Å²) in [6, 6.07) is 12.7. The number of H-pyrrole nitrogens is 1. The molecule has 2 aliphatic heterocycles. The van der Waals surface area contributed by atoms with Gasteiger partial charge in [-0.05, 0) is 36.6 Å². The van der Waals surface area contributed by atoms with Crippen molar-refractivity contribution in [1.29, 1.82) is 0 Å². The minimum atomic E-state index is -0.970. The van der Waals surface area contributed by atoms with E-state index >= 15 is 0 Å². The van der Waals surface area contributed by atoms with E-state index in [0.717, 1.165) is 22.3 Å². The maximum Gasteiger partial charge on any atom is 0.270 e. The average molecular weight is 501 g/mol. The number of nitrogens with one attached hydrogen (secondary N) is 2. The quantitative estimate of drug-likeness (QED) is 0.412. The Morgan fingerprint density at radius 2 is 2.03 bits per heavy atom. The lowest BCUT2D eigenvalue weighted by atomic mass is 10.1. The Balaban J connectivity index is 1.30. The zero-order chi connectivity index (χ0) is 25.5. The van der Waals surface area contributed by atoms with E-state index in [1.54, 1.807) is 12.4 Å². The maximum absolute atomic E-state index is 14.2. The largest absolute Gasteiger partial charge is 0.356 e. The van der Waals surface area contributed by atoms with Crippen molar-refractivity contribution in [2.45, 2.75) is 38.3 Å². The number of imidazole rings is 1. The number of fused-ring (bicyclic) bond motifs is 2. The fraction of sp³-hybridized carbons (Fsp3) is 0.321. The van der Waals surface area contributed by atoms with E-state index in [4.69, 9.17) is 0 Å². The molecule has 0 aliphatic carbocycles. The highest BCUT2D eigenvalue weighted by Crippen LogP contribution is 2.30. The summed E-state index contributed by atoms with van der Waals surface area (Å²) in [6.07, 6.45) is 0.151. The van der Waals surface area contributed by atoms with Crippen molar-refractivity contribution in [2.24, 2.45) is 0 Å². The topological polar surface area (TPSA) is 78.8 Å². The number of para-hydroxylation sites is 1. The Kier molecular flexibility index (Phi) is 5.97. The van der Waals surface area contributed by atoms with Gasteiger partial charge in [-0.15, -0.1) is 0 Å². The first-order valence-electron chi connectivity index (χ1n) is 12.3. The van der Waals surface area contributed by atoms with Crippen LogP contribution in [-0.4, -0.2) is 62.3 Å². The van der Waals surface area contributed by atoms with Crippen molar-refractivity contribution in [3.8, 4) is 11.8 Å². The van der Waals surface area contributed by atoms with Crippen LogP contribution in [0.4, 0.5) is 8.78 Å². The van der Waals surface area contributed by atoms with Gasteiger partial charge in [0.1, 0.15) is 24.1 Å². The number of pyridine rings is 1. The molecule has 0 spiro atoms. The minimum absolute atomic E-state index is 0.234.